The van der Waals surface area contributed by atoms with E-state index in [1.165, 1.54) is 30.6 Å². The molecule has 0 fully saturated rings. The molecule has 0 atom stereocenters. The van der Waals surface area contributed by atoms with Crippen LogP contribution in [0.3, 0.4) is 0 Å². The summed E-state index contributed by atoms with van der Waals surface area (Å²) in [5.41, 5.74) is 2.33. The van der Waals surface area contributed by atoms with Gasteiger partial charge in [0.05, 0.1) is 19.2 Å². The van der Waals surface area contributed by atoms with Crippen LogP contribution in [0.25, 0.3) is 11.3 Å². The molecule has 0 radical (unpaired) electrons. The molecule has 7 heteroatoms. The number of halogens is 2. The molecule has 4 nitrogen and oxygen atoms in total. The van der Waals surface area contributed by atoms with Crippen molar-refractivity contribution in [2.75, 3.05) is 12.4 Å². The maximum atomic E-state index is 13.7. The number of nitrogens with zero attached hydrogens (tertiary/aromatic N) is 1. The van der Waals surface area contributed by atoms with Crippen LogP contribution in [-0.4, -0.2) is 18.0 Å². The molecule has 0 aliphatic heterocycles. The van der Waals surface area contributed by atoms with Crippen molar-refractivity contribution < 1.29 is 13.9 Å². The van der Waals surface area contributed by atoms with Gasteiger partial charge in [0.2, 0.25) is 5.91 Å². The fourth-order valence-electron chi connectivity index (χ4n) is 2.25. The average molecular weight is 421 g/mol. The van der Waals surface area contributed by atoms with Gasteiger partial charge in [-0.1, -0.05) is 34.1 Å². The first-order chi connectivity index (χ1) is 12.0. The van der Waals surface area contributed by atoms with Crippen molar-refractivity contribution in [3.05, 3.63) is 63.7 Å². The Morgan fingerprint density at radius 1 is 1.28 bits per heavy atom. The molecular formula is C18H14BrFN2O2S. The lowest BCUT2D eigenvalue weighted by atomic mass is 10.1. The summed E-state index contributed by atoms with van der Waals surface area (Å²) in [6, 6.07) is 12.2. The summed E-state index contributed by atoms with van der Waals surface area (Å²) in [5.74, 6) is -0.580. The maximum Gasteiger partial charge on any atom is 0.230 e. The normalized spacial score (nSPS) is 10.5. The van der Waals surface area contributed by atoms with Crippen LogP contribution in [0.15, 0.2) is 52.3 Å². The van der Waals surface area contributed by atoms with Crippen molar-refractivity contribution in [1.29, 1.82) is 0 Å². The number of carbonyl (C=O) groups is 1. The molecule has 3 aromatic rings. The minimum atomic E-state index is -0.487. The predicted octanol–water partition coefficient (Wildman–Crippen LogP) is 4.90. The highest BCUT2D eigenvalue weighted by molar-refractivity contribution is 9.10. The summed E-state index contributed by atoms with van der Waals surface area (Å²) in [4.78, 5) is 16.5. The summed E-state index contributed by atoms with van der Waals surface area (Å²) in [7, 11) is 1.40. The molecule has 0 aliphatic rings. The Bertz CT molecular complexity index is 896. The lowest BCUT2D eigenvalue weighted by Gasteiger charge is -2.05. The maximum absolute atomic E-state index is 13.7. The van der Waals surface area contributed by atoms with Crippen molar-refractivity contribution in [2.45, 2.75) is 6.42 Å². The van der Waals surface area contributed by atoms with Gasteiger partial charge in [-0.05, 0) is 29.8 Å². The van der Waals surface area contributed by atoms with Gasteiger partial charge in [-0.25, -0.2) is 9.37 Å². The highest BCUT2D eigenvalue weighted by atomic mass is 79.9. The largest absolute Gasteiger partial charge is 0.494 e. The van der Waals surface area contributed by atoms with Gasteiger partial charge in [0.1, 0.15) is 0 Å². The Morgan fingerprint density at radius 2 is 2.04 bits per heavy atom. The number of ether oxygens (including phenoxy) is 1. The van der Waals surface area contributed by atoms with Crippen LogP contribution in [0.1, 0.15) is 5.56 Å². The van der Waals surface area contributed by atoms with E-state index >= 15 is 0 Å². The molecule has 0 saturated heterocycles. The van der Waals surface area contributed by atoms with Gasteiger partial charge in [0.25, 0.3) is 0 Å². The fraction of sp³-hybridized carbons (Fsp3) is 0.111. The third-order valence-electron chi connectivity index (χ3n) is 3.47. The van der Waals surface area contributed by atoms with E-state index in [0.717, 1.165) is 15.7 Å². The van der Waals surface area contributed by atoms with E-state index in [0.29, 0.717) is 10.7 Å². The van der Waals surface area contributed by atoms with Crippen LogP contribution in [0.2, 0.25) is 0 Å². The molecule has 1 N–H and O–H groups in total. The van der Waals surface area contributed by atoms with Crippen LogP contribution >= 0.6 is 27.3 Å². The number of carbonyl (C=O) groups excluding carboxylic acids is 1. The third-order valence-corrected chi connectivity index (χ3v) is 4.76. The van der Waals surface area contributed by atoms with Crippen LogP contribution in [0, 0.1) is 5.82 Å². The Balaban J connectivity index is 1.65. The van der Waals surface area contributed by atoms with E-state index in [4.69, 9.17) is 4.74 Å². The van der Waals surface area contributed by atoms with E-state index in [-0.39, 0.29) is 18.1 Å². The molecule has 1 amide bonds. The first kappa shape index (κ1) is 17.6. The monoisotopic (exact) mass is 420 g/mol. The lowest BCUT2D eigenvalue weighted by molar-refractivity contribution is -0.115. The van der Waals surface area contributed by atoms with Crippen molar-refractivity contribution in [1.82, 2.24) is 4.98 Å². The number of anilines is 1. The number of rotatable bonds is 5. The number of benzene rings is 2. The molecule has 3 rings (SSSR count). The molecule has 0 unspecified atom stereocenters. The summed E-state index contributed by atoms with van der Waals surface area (Å²) in [6.45, 7) is 0. The van der Waals surface area contributed by atoms with Gasteiger partial charge in [-0.15, -0.1) is 11.3 Å². The smallest absolute Gasteiger partial charge is 0.230 e. The van der Waals surface area contributed by atoms with Crippen molar-refractivity contribution in [2.24, 2.45) is 0 Å². The molecule has 1 heterocycles. The van der Waals surface area contributed by atoms with Gasteiger partial charge in [0.15, 0.2) is 16.7 Å². The van der Waals surface area contributed by atoms with E-state index < -0.39 is 5.82 Å². The summed E-state index contributed by atoms with van der Waals surface area (Å²) in [6.07, 6.45) is 0.0636. The van der Waals surface area contributed by atoms with Crippen LogP contribution < -0.4 is 10.1 Å². The number of nitrogens with one attached hydrogen (secondary N) is 1. The summed E-state index contributed by atoms with van der Waals surface area (Å²) in [5, 5.41) is 5.14. The summed E-state index contributed by atoms with van der Waals surface area (Å²) >= 11 is 4.74. The van der Waals surface area contributed by atoms with E-state index in [1.807, 2.05) is 29.6 Å². The van der Waals surface area contributed by atoms with Crippen LogP contribution in [0.5, 0.6) is 5.75 Å². The second kappa shape index (κ2) is 7.76. The minimum Gasteiger partial charge on any atom is -0.494 e. The first-order valence-corrected chi connectivity index (χ1v) is 9.06. The zero-order chi connectivity index (χ0) is 17.8. The van der Waals surface area contributed by atoms with E-state index in [2.05, 4.69) is 26.2 Å². The molecule has 0 aliphatic carbocycles. The van der Waals surface area contributed by atoms with Gasteiger partial charge in [-0.3, -0.25) is 4.79 Å². The van der Waals surface area contributed by atoms with Crippen molar-refractivity contribution in [3.63, 3.8) is 0 Å². The molecule has 0 saturated carbocycles. The van der Waals surface area contributed by atoms with E-state index in [9.17, 15) is 9.18 Å². The number of amides is 1. The first-order valence-electron chi connectivity index (χ1n) is 7.39. The minimum absolute atomic E-state index is 0.0636. The Kier molecular flexibility index (Phi) is 5.45. The number of hydrogen-bond donors (Lipinski definition) is 1. The number of thiazole rings is 1. The quantitative estimate of drug-likeness (QED) is 0.638. The number of hydrogen-bond acceptors (Lipinski definition) is 4. The summed E-state index contributed by atoms with van der Waals surface area (Å²) < 4.78 is 19.5. The molecule has 0 spiro atoms. The molecular weight excluding hydrogens is 407 g/mol. The molecule has 25 heavy (non-hydrogen) atoms. The Labute approximate surface area is 156 Å². The van der Waals surface area contributed by atoms with Crippen molar-refractivity contribution in [3.8, 4) is 17.0 Å². The van der Waals surface area contributed by atoms with Crippen LogP contribution in [0.4, 0.5) is 9.52 Å². The lowest BCUT2D eigenvalue weighted by Crippen LogP contribution is -2.14. The topological polar surface area (TPSA) is 51.2 Å². The van der Waals surface area contributed by atoms with Gasteiger partial charge < -0.3 is 10.1 Å². The second-order valence-electron chi connectivity index (χ2n) is 5.24. The van der Waals surface area contributed by atoms with Crippen molar-refractivity contribution >= 4 is 38.3 Å². The molecule has 0 bridgehead atoms. The van der Waals surface area contributed by atoms with E-state index in [1.54, 1.807) is 6.07 Å². The zero-order valence-electron chi connectivity index (χ0n) is 13.3. The molecule has 2 aromatic carbocycles. The van der Waals surface area contributed by atoms with Gasteiger partial charge >= 0.3 is 0 Å². The van der Waals surface area contributed by atoms with Gasteiger partial charge in [-0.2, -0.15) is 0 Å². The Morgan fingerprint density at radius 3 is 2.72 bits per heavy atom. The highest BCUT2D eigenvalue weighted by Gasteiger charge is 2.11. The zero-order valence-corrected chi connectivity index (χ0v) is 15.7. The molecule has 128 valence electrons. The van der Waals surface area contributed by atoms with Gasteiger partial charge in [0, 0.05) is 15.4 Å². The number of aromatic nitrogens is 1. The highest BCUT2D eigenvalue weighted by Crippen LogP contribution is 2.26. The second-order valence-corrected chi connectivity index (χ2v) is 7.01. The van der Waals surface area contributed by atoms with Crippen LogP contribution in [-0.2, 0) is 11.2 Å². The SMILES string of the molecule is COc1ccc(CC(=O)Nc2nc(-c3ccc(Br)cc3)cs2)cc1F. The average Bonchev–Trinajstić information content (AvgIpc) is 3.04. The molecule has 1 aromatic heterocycles. The Hall–Kier alpha value is -2.25. The fourth-order valence-corrected chi connectivity index (χ4v) is 3.25. The number of methoxy groups -OCH3 is 1. The standard InChI is InChI=1S/C18H14BrFN2O2S/c1-24-16-7-2-11(8-14(16)20)9-17(23)22-18-21-15(10-25-18)12-3-5-13(19)6-4-12/h2-8,10H,9H2,1H3,(H,21,22,23). The third kappa shape index (κ3) is 4.43. The predicted molar refractivity (Wildman–Crippen MR) is 101 cm³/mol.